The van der Waals surface area contributed by atoms with Crippen LogP contribution in [0, 0.1) is 0 Å². The molecule has 1 aromatic rings. The Morgan fingerprint density at radius 2 is 1.75 bits per heavy atom. The molecule has 1 aromatic carbocycles. The van der Waals surface area contributed by atoms with Crippen LogP contribution < -0.4 is 15.0 Å². The average molecular weight is 336 g/mol. The van der Waals surface area contributed by atoms with Gasteiger partial charge in [-0.05, 0) is 58.9 Å². The number of hydrogen-bond donors (Lipinski definition) is 1. The number of anilines is 1. The third kappa shape index (κ3) is 7.35. The van der Waals surface area contributed by atoms with Gasteiger partial charge < -0.3 is 19.7 Å². The van der Waals surface area contributed by atoms with Crippen LogP contribution in [0.5, 0.6) is 5.75 Å². The van der Waals surface area contributed by atoms with Gasteiger partial charge in [-0.1, -0.05) is 0 Å². The first-order chi connectivity index (χ1) is 11.1. The molecule has 0 aromatic heterocycles. The molecule has 0 spiro atoms. The number of alkyl carbamates (subject to hydrolysis) is 1. The zero-order valence-corrected chi connectivity index (χ0v) is 15.4. The lowest BCUT2D eigenvalue weighted by molar-refractivity contribution is -0.116. The minimum atomic E-state index is -0.545. The van der Waals surface area contributed by atoms with Crippen LogP contribution in [0.1, 0.15) is 41.5 Å². The van der Waals surface area contributed by atoms with Crippen molar-refractivity contribution in [1.29, 1.82) is 0 Å². The first-order valence-electron chi connectivity index (χ1n) is 8.10. The van der Waals surface area contributed by atoms with Crippen molar-refractivity contribution in [2.24, 2.45) is 0 Å². The summed E-state index contributed by atoms with van der Waals surface area (Å²) in [5.74, 6) is 0.655. The molecule has 1 N–H and O–H groups in total. The van der Waals surface area contributed by atoms with Gasteiger partial charge in [-0.2, -0.15) is 0 Å². The van der Waals surface area contributed by atoms with Gasteiger partial charge >= 0.3 is 6.09 Å². The van der Waals surface area contributed by atoms with Gasteiger partial charge in [0.15, 0.2) is 0 Å². The van der Waals surface area contributed by atoms with Crippen molar-refractivity contribution >= 4 is 17.7 Å². The summed E-state index contributed by atoms with van der Waals surface area (Å²) in [4.78, 5) is 25.1. The molecule has 1 rings (SSSR count). The molecule has 6 heteroatoms. The van der Waals surface area contributed by atoms with Crippen molar-refractivity contribution in [3.8, 4) is 5.75 Å². The maximum Gasteiger partial charge on any atom is 0.407 e. The lowest BCUT2D eigenvalue weighted by Crippen LogP contribution is -2.39. The second-order valence-electron chi connectivity index (χ2n) is 6.76. The molecule has 0 atom stereocenters. The van der Waals surface area contributed by atoms with Crippen LogP contribution >= 0.6 is 0 Å². The Balaban J connectivity index is 2.61. The van der Waals surface area contributed by atoms with Crippen molar-refractivity contribution in [2.45, 2.75) is 53.2 Å². The highest BCUT2D eigenvalue weighted by molar-refractivity contribution is 5.91. The maximum atomic E-state index is 11.9. The molecule has 0 fully saturated rings. The lowest BCUT2D eigenvalue weighted by atomic mass is 10.2. The van der Waals surface area contributed by atoms with Crippen LogP contribution in [0.2, 0.25) is 0 Å². The highest BCUT2D eigenvalue weighted by atomic mass is 16.6. The topological polar surface area (TPSA) is 67.9 Å². The Bertz CT molecular complexity index is 547. The fraction of sp³-hybridized carbons (Fsp3) is 0.556. The van der Waals surface area contributed by atoms with E-state index in [-0.39, 0.29) is 12.0 Å². The van der Waals surface area contributed by atoms with Gasteiger partial charge in [0.05, 0.1) is 6.10 Å². The van der Waals surface area contributed by atoms with Gasteiger partial charge in [0, 0.05) is 25.7 Å². The Labute approximate surface area is 144 Å². The molecule has 0 aliphatic rings. The Morgan fingerprint density at radius 3 is 2.21 bits per heavy atom. The van der Waals surface area contributed by atoms with Gasteiger partial charge in [-0.25, -0.2) is 4.79 Å². The van der Waals surface area contributed by atoms with Crippen LogP contribution in [0.3, 0.4) is 0 Å². The molecule has 0 radical (unpaired) electrons. The summed E-state index contributed by atoms with van der Waals surface area (Å²) >= 11 is 0. The number of amides is 2. The predicted octanol–water partition coefficient (Wildman–Crippen LogP) is 3.35. The highest BCUT2D eigenvalue weighted by Crippen LogP contribution is 2.20. The Kier molecular flexibility index (Phi) is 7.07. The van der Waals surface area contributed by atoms with Gasteiger partial charge in [0.25, 0.3) is 0 Å². The van der Waals surface area contributed by atoms with E-state index >= 15 is 0 Å². The second kappa shape index (κ2) is 8.57. The summed E-state index contributed by atoms with van der Waals surface area (Å²) in [5.41, 5.74) is 0.209. The summed E-state index contributed by atoms with van der Waals surface area (Å²) in [5, 5.41) is 2.65. The fourth-order valence-corrected chi connectivity index (χ4v) is 2.03. The molecular weight excluding hydrogens is 308 g/mol. The minimum absolute atomic E-state index is 0.0952. The third-order valence-electron chi connectivity index (χ3n) is 2.90. The van der Waals surface area contributed by atoms with Crippen LogP contribution in [0.4, 0.5) is 10.5 Å². The quantitative estimate of drug-likeness (QED) is 0.865. The summed E-state index contributed by atoms with van der Waals surface area (Å²) < 4.78 is 10.8. The molecule has 0 unspecified atom stereocenters. The largest absolute Gasteiger partial charge is 0.491 e. The number of rotatable bonds is 6. The van der Waals surface area contributed by atoms with Crippen molar-refractivity contribution < 1.29 is 19.1 Å². The van der Waals surface area contributed by atoms with E-state index in [1.165, 1.54) is 6.92 Å². The fourth-order valence-electron chi connectivity index (χ4n) is 2.03. The number of nitrogens with one attached hydrogen (secondary N) is 1. The van der Waals surface area contributed by atoms with E-state index < -0.39 is 11.7 Å². The number of carbonyl (C=O) groups excluding carboxylic acids is 2. The van der Waals surface area contributed by atoms with E-state index in [1.54, 1.807) is 25.7 Å². The van der Waals surface area contributed by atoms with Crippen molar-refractivity contribution in [3.63, 3.8) is 0 Å². The van der Waals surface area contributed by atoms with E-state index in [9.17, 15) is 9.59 Å². The van der Waals surface area contributed by atoms with E-state index in [4.69, 9.17) is 9.47 Å². The summed E-state index contributed by atoms with van der Waals surface area (Å²) in [6.07, 6.45) is -0.399. The van der Waals surface area contributed by atoms with Crippen LogP contribution in [-0.2, 0) is 9.53 Å². The molecule has 0 bridgehead atoms. The maximum absolute atomic E-state index is 11.9. The zero-order valence-electron chi connectivity index (χ0n) is 15.4. The summed E-state index contributed by atoms with van der Waals surface area (Å²) in [7, 11) is 0. The van der Waals surface area contributed by atoms with Gasteiger partial charge in [0.2, 0.25) is 5.91 Å². The number of hydrogen-bond acceptors (Lipinski definition) is 4. The first-order valence-corrected chi connectivity index (χ1v) is 8.10. The third-order valence-corrected chi connectivity index (χ3v) is 2.90. The molecule has 0 saturated heterocycles. The van der Waals surface area contributed by atoms with Crippen molar-refractivity contribution in [2.75, 3.05) is 18.0 Å². The molecule has 0 heterocycles. The summed E-state index contributed by atoms with van der Waals surface area (Å²) in [6, 6.07) is 7.30. The van der Waals surface area contributed by atoms with Crippen LogP contribution in [0.25, 0.3) is 0 Å². The van der Waals surface area contributed by atoms with E-state index in [1.807, 2.05) is 38.1 Å². The van der Waals surface area contributed by atoms with Crippen LogP contribution in [0.15, 0.2) is 24.3 Å². The van der Waals surface area contributed by atoms with Gasteiger partial charge in [-0.3, -0.25) is 4.79 Å². The van der Waals surface area contributed by atoms with E-state index in [0.717, 1.165) is 11.4 Å². The van der Waals surface area contributed by atoms with Crippen molar-refractivity contribution in [3.05, 3.63) is 24.3 Å². The minimum Gasteiger partial charge on any atom is -0.491 e. The van der Waals surface area contributed by atoms with Crippen LogP contribution in [-0.4, -0.2) is 36.8 Å². The van der Waals surface area contributed by atoms with E-state index in [0.29, 0.717) is 13.1 Å². The monoisotopic (exact) mass is 336 g/mol. The Hall–Kier alpha value is -2.24. The van der Waals surface area contributed by atoms with E-state index in [2.05, 4.69) is 5.32 Å². The summed E-state index contributed by atoms with van der Waals surface area (Å²) in [6.45, 7) is 11.5. The SMILES string of the molecule is CC(=O)N(CCNC(=O)OC(C)(C)C)c1ccc(OC(C)C)cc1. The molecule has 0 aliphatic heterocycles. The standard InChI is InChI=1S/C18H28N2O4/c1-13(2)23-16-9-7-15(8-10-16)20(14(3)21)12-11-19-17(22)24-18(4,5)6/h7-10,13H,11-12H2,1-6H3,(H,19,22). The van der Waals surface area contributed by atoms with Gasteiger partial charge in [0.1, 0.15) is 11.4 Å². The second-order valence-corrected chi connectivity index (χ2v) is 6.76. The highest BCUT2D eigenvalue weighted by Gasteiger charge is 2.17. The average Bonchev–Trinajstić information content (AvgIpc) is 2.42. The molecule has 0 aliphatic carbocycles. The molecular formula is C18H28N2O4. The lowest BCUT2D eigenvalue weighted by Gasteiger charge is -2.23. The molecule has 24 heavy (non-hydrogen) atoms. The van der Waals surface area contributed by atoms with Crippen molar-refractivity contribution in [1.82, 2.24) is 5.32 Å². The first kappa shape index (κ1) is 19.8. The number of benzene rings is 1. The number of ether oxygens (including phenoxy) is 2. The smallest absolute Gasteiger partial charge is 0.407 e. The number of carbonyl (C=O) groups is 2. The molecule has 6 nitrogen and oxygen atoms in total. The Morgan fingerprint density at radius 1 is 1.17 bits per heavy atom. The molecule has 134 valence electrons. The zero-order chi connectivity index (χ0) is 18.3. The molecule has 0 saturated carbocycles. The molecule has 2 amide bonds. The number of nitrogens with zero attached hydrogens (tertiary/aromatic N) is 1. The normalized spacial score (nSPS) is 11.1. The predicted molar refractivity (Wildman–Crippen MR) is 94.5 cm³/mol. The van der Waals surface area contributed by atoms with Gasteiger partial charge in [-0.15, -0.1) is 0 Å².